The number of thioether (sulfide) groups is 1. The Hall–Kier alpha value is -0.890. The molecule has 0 unspecified atom stereocenters. The molecule has 1 fully saturated rings. The molecule has 1 aromatic heterocycles. The summed E-state index contributed by atoms with van der Waals surface area (Å²) >= 11 is 1.33. The number of Topliss-reactive ketones (excluding diaryl/α,β-unsaturated/α-hetero) is 1. The van der Waals surface area contributed by atoms with Crippen LogP contribution in [-0.4, -0.2) is 46.2 Å². The van der Waals surface area contributed by atoms with E-state index in [0.717, 1.165) is 0 Å². The lowest BCUT2D eigenvalue weighted by atomic mass is 10.1. The topological polar surface area (TPSA) is 81.9 Å². The molecule has 1 atom stereocenters. The van der Waals surface area contributed by atoms with Gasteiger partial charge in [0.05, 0.1) is 17.3 Å². The zero-order valence-electron chi connectivity index (χ0n) is 10.3. The summed E-state index contributed by atoms with van der Waals surface area (Å²) in [4.78, 5) is 10.9. The van der Waals surface area contributed by atoms with Gasteiger partial charge in [-0.1, -0.05) is 11.8 Å². The smallest absolute Gasteiger partial charge is 0.191 e. The third-order valence-corrected chi connectivity index (χ3v) is 5.80. The standard InChI is InChI=1S/C10H15N3O3S2/c1-7(14)5-17-10-12-11-9(13(10)2)8-3-4-18(15,16)6-8/h8H,3-6H2,1-2H3/t8-/m1/s1. The van der Waals surface area contributed by atoms with Crippen LogP contribution in [0.15, 0.2) is 5.16 Å². The number of hydrogen-bond donors (Lipinski definition) is 0. The number of carbonyl (C=O) groups excluding carboxylic acids is 1. The number of nitrogens with zero attached hydrogens (tertiary/aromatic N) is 3. The van der Waals surface area contributed by atoms with Gasteiger partial charge in [-0.25, -0.2) is 8.42 Å². The highest BCUT2D eigenvalue weighted by Gasteiger charge is 2.32. The van der Waals surface area contributed by atoms with E-state index in [2.05, 4.69) is 10.2 Å². The zero-order valence-corrected chi connectivity index (χ0v) is 11.9. The first-order valence-electron chi connectivity index (χ1n) is 5.61. The molecule has 0 radical (unpaired) electrons. The highest BCUT2D eigenvalue weighted by Crippen LogP contribution is 2.29. The summed E-state index contributed by atoms with van der Waals surface area (Å²) in [6.45, 7) is 1.52. The fourth-order valence-electron chi connectivity index (χ4n) is 1.97. The van der Waals surface area contributed by atoms with E-state index in [0.29, 0.717) is 23.2 Å². The van der Waals surface area contributed by atoms with Crippen molar-refractivity contribution in [3.8, 4) is 0 Å². The van der Waals surface area contributed by atoms with Crippen molar-refractivity contribution in [3.63, 3.8) is 0 Å². The Bertz CT molecular complexity index is 565. The van der Waals surface area contributed by atoms with E-state index in [9.17, 15) is 13.2 Å². The molecule has 0 amide bonds. The lowest BCUT2D eigenvalue weighted by Crippen LogP contribution is -2.09. The van der Waals surface area contributed by atoms with Crippen LogP contribution in [0, 0.1) is 0 Å². The molecular weight excluding hydrogens is 274 g/mol. The van der Waals surface area contributed by atoms with E-state index in [1.165, 1.54) is 18.7 Å². The summed E-state index contributed by atoms with van der Waals surface area (Å²) in [5, 5.41) is 8.72. The van der Waals surface area contributed by atoms with Gasteiger partial charge in [-0.3, -0.25) is 4.79 Å². The van der Waals surface area contributed by atoms with Crippen molar-refractivity contribution in [1.29, 1.82) is 0 Å². The molecule has 1 aromatic rings. The lowest BCUT2D eigenvalue weighted by molar-refractivity contribution is -0.114. The molecule has 0 N–H and O–H groups in total. The maximum Gasteiger partial charge on any atom is 0.191 e. The van der Waals surface area contributed by atoms with Crippen LogP contribution in [0.25, 0.3) is 0 Å². The van der Waals surface area contributed by atoms with Crippen molar-refractivity contribution in [2.75, 3.05) is 17.3 Å². The second-order valence-corrected chi connectivity index (χ2v) is 7.66. The van der Waals surface area contributed by atoms with Crippen LogP contribution in [0.5, 0.6) is 0 Å². The van der Waals surface area contributed by atoms with Gasteiger partial charge < -0.3 is 4.57 Å². The molecule has 2 rings (SSSR count). The highest BCUT2D eigenvalue weighted by atomic mass is 32.2. The summed E-state index contributed by atoms with van der Waals surface area (Å²) in [6, 6.07) is 0. The van der Waals surface area contributed by atoms with Crippen LogP contribution in [0.3, 0.4) is 0 Å². The predicted molar refractivity (Wildman–Crippen MR) is 68.4 cm³/mol. The van der Waals surface area contributed by atoms with Crippen molar-refractivity contribution in [1.82, 2.24) is 14.8 Å². The van der Waals surface area contributed by atoms with Crippen molar-refractivity contribution >= 4 is 27.4 Å². The van der Waals surface area contributed by atoms with Crippen molar-refractivity contribution in [2.45, 2.75) is 24.4 Å². The van der Waals surface area contributed by atoms with E-state index in [1.54, 1.807) is 4.57 Å². The number of ketones is 1. The molecule has 2 heterocycles. The van der Waals surface area contributed by atoms with Gasteiger partial charge in [0.2, 0.25) is 0 Å². The number of sulfone groups is 1. The summed E-state index contributed by atoms with van der Waals surface area (Å²) in [7, 11) is -1.11. The molecule has 8 heteroatoms. The summed E-state index contributed by atoms with van der Waals surface area (Å²) < 4.78 is 24.7. The monoisotopic (exact) mass is 289 g/mol. The van der Waals surface area contributed by atoms with Crippen LogP contribution in [0.1, 0.15) is 25.1 Å². The van der Waals surface area contributed by atoms with Crippen molar-refractivity contribution < 1.29 is 13.2 Å². The zero-order chi connectivity index (χ0) is 13.3. The summed E-state index contributed by atoms with van der Waals surface area (Å²) in [6.07, 6.45) is 0.603. The van der Waals surface area contributed by atoms with E-state index in [1.807, 2.05) is 7.05 Å². The molecule has 0 saturated carbocycles. The molecule has 100 valence electrons. The van der Waals surface area contributed by atoms with E-state index in [-0.39, 0.29) is 23.2 Å². The average molecular weight is 289 g/mol. The number of rotatable bonds is 4. The molecule has 1 saturated heterocycles. The Morgan fingerprint density at radius 3 is 2.78 bits per heavy atom. The minimum absolute atomic E-state index is 0.0702. The molecule has 1 aliphatic heterocycles. The van der Waals surface area contributed by atoms with Crippen LogP contribution >= 0.6 is 11.8 Å². The van der Waals surface area contributed by atoms with Gasteiger partial charge in [-0.05, 0) is 13.3 Å². The molecule has 1 aliphatic rings. The van der Waals surface area contributed by atoms with Crippen LogP contribution in [0.4, 0.5) is 0 Å². The molecule has 6 nitrogen and oxygen atoms in total. The van der Waals surface area contributed by atoms with E-state index >= 15 is 0 Å². The fraction of sp³-hybridized carbons (Fsp3) is 0.700. The minimum Gasteiger partial charge on any atom is -0.309 e. The Labute approximate surface area is 110 Å². The third-order valence-electron chi connectivity index (χ3n) is 2.87. The lowest BCUT2D eigenvalue weighted by Gasteiger charge is -2.07. The van der Waals surface area contributed by atoms with Crippen LogP contribution < -0.4 is 0 Å². The normalized spacial score (nSPS) is 22.2. The average Bonchev–Trinajstić information content (AvgIpc) is 2.79. The van der Waals surface area contributed by atoms with Crippen LogP contribution in [0.2, 0.25) is 0 Å². The molecule has 0 aliphatic carbocycles. The molecular formula is C10H15N3O3S2. The minimum atomic E-state index is -2.92. The second kappa shape index (κ2) is 5.00. The molecule has 18 heavy (non-hydrogen) atoms. The Morgan fingerprint density at radius 1 is 1.50 bits per heavy atom. The molecule has 0 bridgehead atoms. The largest absolute Gasteiger partial charge is 0.309 e. The Balaban J connectivity index is 2.14. The Morgan fingerprint density at radius 2 is 2.22 bits per heavy atom. The first kappa shape index (κ1) is 13.5. The summed E-state index contributed by atoms with van der Waals surface area (Å²) in [5.74, 6) is 1.43. The van der Waals surface area contributed by atoms with Crippen LogP contribution in [-0.2, 0) is 21.7 Å². The van der Waals surface area contributed by atoms with E-state index < -0.39 is 9.84 Å². The number of carbonyl (C=O) groups is 1. The number of aromatic nitrogens is 3. The van der Waals surface area contributed by atoms with Gasteiger partial charge in [0, 0.05) is 13.0 Å². The van der Waals surface area contributed by atoms with Gasteiger partial charge >= 0.3 is 0 Å². The predicted octanol–water partition coefficient (Wildman–Crippen LogP) is 0.398. The third kappa shape index (κ3) is 2.92. The Kier molecular flexibility index (Phi) is 3.76. The number of hydrogen-bond acceptors (Lipinski definition) is 6. The molecule has 0 spiro atoms. The second-order valence-electron chi connectivity index (χ2n) is 4.49. The first-order chi connectivity index (χ1) is 8.39. The molecule has 0 aromatic carbocycles. The van der Waals surface area contributed by atoms with Gasteiger partial charge in [0.25, 0.3) is 0 Å². The van der Waals surface area contributed by atoms with Gasteiger partial charge in [0.15, 0.2) is 15.0 Å². The quantitative estimate of drug-likeness (QED) is 0.746. The van der Waals surface area contributed by atoms with Gasteiger partial charge in [-0.2, -0.15) is 0 Å². The highest BCUT2D eigenvalue weighted by molar-refractivity contribution is 7.99. The maximum atomic E-state index is 11.4. The van der Waals surface area contributed by atoms with Gasteiger partial charge in [-0.15, -0.1) is 10.2 Å². The van der Waals surface area contributed by atoms with Crippen molar-refractivity contribution in [2.24, 2.45) is 7.05 Å². The fourth-order valence-corrected chi connectivity index (χ4v) is 4.43. The SMILES string of the molecule is CC(=O)CSc1nnc([C@@H]2CCS(=O)(=O)C2)n1C. The summed E-state index contributed by atoms with van der Waals surface area (Å²) in [5.41, 5.74) is 0. The van der Waals surface area contributed by atoms with Crippen molar-refractivity contribution in [3.05, 3.63) is 5.82 Å². The van der Waals surface area contributed by atoms with Gasteiger partial charge in [0.1, 0.15) is 11.6 Å². The first-order valence-corrected chi connectivity index (χ1v) is 8.41. The van der Waals surface area contributed by atoms with E-state index in [4.69, 9.17) is 0 Å². The maximum absolute atomic E-state index is 11.4.